The van der Waals surface area contributed by atoms with E-state index in [0.29, 0.717) is 25.6 Å². The van der Waals surface area contributed by atoms with Gasteiger partial charge in [-0.25, -0.2) is 4.39 Å². The van der Waals surface area contributed by atoms with Gasteiger partial charge in [-0.05, 0) is 43.9 Å². The molecule has 0 saturated carbocycles. The molecule has 7 heteroatoms. The maximum absolute atomic E-state index is 13.1. The molecule has 0 bridgehead atoms. The molecule has 1 amide bonds. The van der Waals surface area contributed by atoms with Crippen molar-refractivity contribution < 1.29 is 14.1 Å². The zero-order chi connectivity index (χ0) is 15.4. The van der Waals surface area contributed by atoms with Crippen LogP contribution in [0.15, 0.2) is 18.2 Å². The van der Waals surface area contributed by atoms with Gasteiger partial charge in [0.15, 0.2) is 0 Å². The van der Waals surface area contributed by atoms with Crippen molar-refractivity contribution in [2.75, 3.05) is 19.6 Å². The Hall–Kier alpha value is -2.02. The van der Waals surface area contributed by atoms with Crippen LogP contribution in [-0.4, -0.2) is 35.4 Å². The molecule has 2 N–H and O–H groups in total. The van der Waals surface area contributed by atoms with Crippen molar-refractivity contribution in [1.82, 2.24) is 4.90 Å². The first kappa shape index (κ1) is 15.4. The standard InChI is InChI=1S/C14H18FN3O3/c15-11-1-2-12(13(9-11)18(20)21)14(19)17-7-4-10(3-6-16)5-8-17/h1-2,9-10H,3-8,16H2. The number of carbonyl (C=O) groups excluding carboxylic acids is 1. The highest BCUT2D eigenvalue weighted by Crippen LogP contribution is 2.25. The van der Waals surface area contributed by atoms with E-state index in [1.165, 1.54) is 6.07 Å². The molecule has 1 fully saturated rings. The zero-order valence-corrected chi connectivity index (χ0v) is 11.6. The van der Waals surface area contributed by atoms with E-state index in [0.717, 1.165) is 31.4 Å². The summed E-state index contributed by atoms with van der Waals surface area (Å²) in [7, 11) is 0. The molecule has 1 aromatic rings. The summed E-state index contributed by atoms with van der Waals surface area (Å²) < 4.78 is 13.1. The normalized spacial score (nSPS) is 16.0. The summed E-state index contributed by atoms with van der Waals surface area (Å²) in [4.78, 5) is 24.2. The number of amides is 1. The third-order valence-electron chi connectivity index (χ3n) is 3.86. The Kier molecular flexibility index (Phi) is 4.85. The smallest absolute Gasteiger partial charge is 0.285 e. The zero-order valence-electron chi connectivity index (χ0n) is 11.6. The summed E-state index contributed by atoms with van der Waals surface area (Å²) in [6.07, 6.45) is 2.62. The van der Waals surface area contributed by atoms with Gasteiger partial charge in [0.1, 0.15) is 11.4 Å². The highest BCUT2D eigenvalue weighted by atomic mass is 19.1. The highest BCUT2D eigenvalue weighted by molar-refractivity contribution is 5.98. The Morgan fingerprint density at radius 1 is 1.43 bits per heavy atom. The average Bonchev–Trinajstić information content (AvgIpc) is 2.47. The molecule has 0 unspecified atom stereocenters. The molecular formula is C14H18FN3O3. The molecule has 1 aliphatic rings. The molecule has 6 nitrogen and oxygen atoms in total. The van der Waals surface area contributed by atoms with Crippen molar-refractivity contribution in [3.05, 3.63) is 39.7 Å². The van der Waals surface area contributed by atoms with E-state index in [4.69, 9.17) is 5.73 Å². The molecule has 0 aliphatic carbocycles. The van der Waals surface area contributed by atoms with Gasteiger partial charge < -0.3 is 10.6 Å². The Morgan fingerprint density at radius 3 is 2.67 bits per heavy atom. The molecule has 0 radical (unpaired) electrons. The maximum Gasteiger partial charge on any atom is 0.285 e. The SMILES string of the molecule is NCCC1CCN(C(=O)c2ccc(F)cc2[N+](=O)[O-])CC1. The number of halogens is 1. The Morgan fingerprint density at radius 2 is 2.10 bits per heavy atom. The fraction of sp³-hybridized carbons (Fsp3) is 0.500. The second kappa shape index (κ2) is 6.62. The number of hydrogen-bond acceptors (Lipinski definition) is 4. The second-order valence-electron chi connectivity index (χ2n) is 5.23. The second-order valence-corrected chi connectivity index (χ2v) is 5.23. The van der Waals surface area contributed by atoms with Crippen molar-refractivity contribution in [1.29, 1.82) is 0 Å². The largest absolute Gasteiger partial charge is 0.338 e. The fourth-order valence-corrected chi connectivity index (χ4v) is 2.67. The Balaban J connectivity index is 2.13. The van der Waals surface area contributed by atoms with Crippen molar-refractivity contribution in [3.63, 3.8) is 0 Å². The summed E-state index contributed by atoms with van der Waals surface area (Å²) in [6, 6.07) is 3.04. The lowest BCUT2D eigenvalue weighted by atomic mass is 9.93. The Bertz CT molecular complexity index is 542. The van der Waals surface area contributed by atoms with Crippen LogP contribution in [0.5, 0.6) is 0 Å². The van der Waals surface area contributed by atoms with Gasteiger partial charge in [-0.15, -0.1) is 0 Å². The van der Waals surface area contributed by atoms with Gasteiger partial charge in [0, 0.05) is 13.1 Å². The van der Waals surface area contributed by atoms with Crippen LogP contribution >= 0.6 is 0 Å². The van der Waals surface area contributed by atoms with Crippen LogP contribution < -0.4 is 5.73 Å². The monoisotopic (exact) mass is 295 g/mol. The molecule has 0 aromatic heterocycles. The lowest BCUT2D eigenvalue weighted by molar-refractivity contribution is -0.385. The van der Waals surface area contributed by atoms with E-state index in [1.807, 2.05) is 0 Å². The minimum atomic E-state index is -0.725. The van der Waals surface area contributed by atoms with Gasteiger partial charge in [0.25, 0.3) is 11.6 Å². The third-order valence-corrected chi connectivity index (χ3v) is 3.86. The van der Waals surface area contributed by atoms with E-state index in [-0.39, 0.29) is 5.56 Å². The first-order valence-electron chi connectivity index (χ1n) is 6.96. The Labute approximate surface area is 121 Å². The van der Waals surface area contributed by atoms with Crippen LogP contribution in [0, 0.1) is 21.8 Å². The van der Waals surface area contributed by atoms with Gasteiger partial charge in [-0.1, -0.05) is 0 Å². The fourth-order valence-electron chi connectivity index (χ4n) is 2.67. The first-order chi connectivity index (χ1) is 10.0. The predicted octanol–water partition coefficient (Wildman–Crippen LogP) is 1.93. The number of nitrogens with zero attached hydrogens (tertiary/aromatic N) is 2. The summed E-state index contributed by atoms with van der Waals surface area (Å²) in [5.41, 5.74) is 4.98. The van der Waals surface area contributed by atoms with Gasteiger partial charge in [-0.3, -0.25) is 14.9 Å². The molecule has 1 heterocycles. The minimum absolute atomic E-state index is 0.0568. The minimum Gasteiger partial charge on any atom is -0.338 e. The first-order valence-corrected chi connectivity index (χ1v) is 6.96. The number of hydrogen-bond donors (Lipinski definition) is 1. The van der Waals surface area contributed by atoms with Crippen LogP contribution in [0.3, 0.4) is 0 Å². The van der Waals surface area contributed by atoms with E-state index in [2.05, 4.69) is 0 Å². The molecule has 21 heavy (non-hydrogen) atoms. The lowest BCUT2D eigenvalue weighted by Crippen LogP contribution is -2.39. The molecule has 1 aliphatic heterocycles. The van der Waals surface area contributed by atoms with E-state index >= 15 is 0 Å². The van der Waals surface area contributed by atoms with Crippen molar-refractivity contribution in [3.8, 4) is 0 Å². The maximum atomic E-state index is 13.1. The predicted molar refractivity (Wildman–Crippen MR) is 75.4 cm³/mol. The van der Waals surface area contributed by atoms with Crippen molar-refractivity contribution in [2.45, 2.75) is 19.3 Å². The molecular weight excluding hydrogens is 277 g/mol. The summed E-state index contributed by atoms with van der Waals surface area (Å²) in [6.45, 7) is 1.73. The summed E-state index contributed by atoms with van der Waals surface area (Å²) in [5.74, 6) is -0.630. The van der Waals surface area contributed by atoms with Gasteiger partial charge in [-0.2, -0.15) is 0 Å². The van der Waals surface area contributed by atoms with Crippen LogP contribution in [-0.2, 0) is 0 Å². The average molecular weight is 295 g/mol. The number of rotatable bonds is 4. The number of carbonyl (C=O) groups is 1. The van der Waals surface area contributed by atoms with Gasteiger partial charge in [0.05, 0.1) is 11.0 Å². The molecule has 1 saturated heterocycles. The number of piperidine rings is 1. The van der Waals surface area contributed by atoms with Crippen LogP contribution in [0.25, 0.3) is 0 Å². The van der Waals surface area contributed by atoms with Crippen LogP contribution in [0.4, 0.5) is 10.1 Å². The summed E-state index contributed by atoms with van der Waals surface area (Å²) >= 11 is 0. The summed E-state index contributed by atoms with van der Waals surface area (Å²) in [5, 5.41) is 11.0. The molecule has 0 atom stereocenters. The topological polar surface area (TPSA) is 89.5 Å². The lowest BCUT2D eigenvalue weighted by Gasteiger charge is -2.31. The number of nitro benzene ring substituents is 1. The number of nitrogens with two attached hydrogens (primary N) is 1. The van der Waals surface area contributed by atoms with Crippen LogP contribution in [0.1, 0.15) is 29.6 Å². The van der Waals surface area contributed by atoms with E-state index in [1.54, 1.807) is 4.90 Å². The van der Waals surface area contributed by atoms with Crippen molar-refractivity contribution in [2.24, 2.45) is 11.7 Å². The van der Waals surface area contributed by atoms with Gasteiger partial charge in [0.2, 0.25) is 0 Å². The number of benzene rings is 1. The van der Waals surface area contributed by atoms with Crippen molar-refractivity contribution >= 4 is 11.6 Å². The molecule has 1 aromatic carbocycles. The quantitative estimate of drug-likeness (QED) is 0.679. The van der Waals surface area contributed by atoms with E-state index < -0.39 is 22.3 Å². The molecule has 114 valence electrons. The number of likely N-dealkylation sites (tertiary alicyclic amines) is 1. The van der Waals surface area contributed by atoms with E-state index in [9.17, 15) is 19.3 Å². The van der Waals surface area contributed by atoms with Gasteiger partial charge >= 0.3 is 0 Å². The molecule has 2 rings (SSSR count). The van der Waals surface area contributed by atoms with Crippen LogP contribution in [0.2, 0.25) is 0 Å². The number of nitro groups is 1. The highest BCUT2D eigenvalue weighted by Gasteiger charge is 2.28. The molecule has 0 spiro atoms. The third kappa shape index (κ3) is 3.55.